The van der Waals surface area contributed by atoms with Crippen LogP contribution in [0.4, 0.5) is 0 Å². The fraction of sp³-hybridized carbons (Fsp3) is 0.538. The molecule has 1 aromatic rings. The van der Waals surface area contributed by atoms with E-state index in [9.17, 15) is 4.79 Å². The molecule has 0 spiro atoms. The molecule has 1 aliphatic heterocycles. The Morgan fingerprint density at radius 1 is 1.44 bits per heavy atom. The second-order valence-corrected chi connectivity index (χ2v) is 4.60. The predicted molar refractivity (Wildman–Crippen MR) is 70.1 cm³/mol. The van der Waals surface area contributed by atoms with Crippen LogP contribution in [0.2, 0.25) is 0 Å². The number of aromatic nitrogens is 1. The van der Waals surface area contributed by atoms with E-state index in [4.69, 9.17) is 0 Å². The van der Waals surface area contributed by atoms with Crippen LogP contribution in [0.25, 0.3) is 0 Å². The molecule has 2 N–H and O–H groups in total. The third kappa shape index (κ3) is 3.78. The number of hydrogen-bond donors (Lipinski definition) is 2. The Morgan fingerprint density at radius 2 is 2.11 bits per heavy atom. The minimum atomic E-state index is 0.0309. The van der Waals surface area contributed by atoms with Crippen LogP contribution in [0.3, 0.4) is 0 Å². The quantitative estimate of drug-likeness (QED) is 0.797. The highest BCUT2D eigenvalue weighted by Gasteiger charge is 2.15. The molecule has 0 radical (unpaired) electrons. The molecule has 5 nitrogen and oxygen atoms in total. The fourth-order valence-electron chi connectivity index (χ4n) is 2.09. The van der Waals surface area contributed by atoms with Crippen molar-refractivity contribution < 1.29 is 4.79 Å². The standard InChI is InChI=1S/C13H20N4O/c1-11(12-2-4-14-5-3-12)16-13(18)10-17-8-6-15-7-9-17/h2-5,11,15H,6-10H2,1H3,(H,16,18)/t11-/m1/s1. The van der Waals surface area contributed by atoms with Gasteiger partial charge in [0.05, 0.1) is 12.6 Å². The minimum Gasteiger partial charge on any atom is -0.348 e. The normalized spacial score (nSPS) is 18.3. The van der Waals surface area contributed by atoms with E-state index in [-0.39, 0.29) is 11.9 Å². The van der Waals surface area contributed by atoms with Crippen molar-refractivity contribution in [2.45, 2.75) is 13.0 Å². The Morgan fingerprint density at radius 3 is 2.78 bits per heavy atom. The Kier molecular flexibility index (Phi) is 4.66. The van der Waals surface area contributed by atoms with Crippen LogP contribution in [0.5, 0.6) is 0 Å². The molecule has 1 aromatic heterocycles. The van der Waals surface area contributed by atoms with Crippen molar-refractivity contribution in [3.63, 3.8) is 0 Å². The molecule has 1 fully saturated rings. The van der Waals surface area contributed by atoms with E-state index in [1.54, 1.807) is 12.4 Å². The Hall–Kier alpha value is -1.46. The number of carbonyl (C=O) groups is 1. The van der Waals surface area contributed by atoms with Gasteiger partial charge in [0.2, 0.25) is 5.91 Å². The molecule has 1 aliphatic rings. The van der Waals surface area contributed by atoms with Gasteiger partial charge in [0, 0.05) is 38.6 Å². The van der Waals surface area contributed by atoms with Crippen LogP contribution < -0.4 is 10.6 Å². The molecule has 0 saturated carbocycles. The molecular weight excluding hydrogens is 228 g/mol. The maximum Gasteiger partial charge on any atom is 0.234 e. The van der Waals surface area contributed by atoms with Crippen molar-refractivity contribution in [3.05, 3.63) is 30.1 Å². The van der Waals surface area contributed by atoms with Crippen molar-refractivity contribution in [3.8, 4) is 0 Å². The van der Waals surface area contributed by atoms with E-state index < -0.39 is 0 Å². The Balaban J connectivity index is 1.80. The van der Waals surface area contributed by atoms with E-state index >= 15 is 0 Å². The molecule has 0 unspecified atom stereocenters. The number of piperazine rings is 1. The van der Waals surface area contributed by atoms with Gasteiger partial charge in [-0.3, -0.25) is 14.7 Å². The first-order valence-electron chi connectivity index (χ1n) is 6.38. The number of pyridine rings is 1. The molecular formula is C13H20N4O. The van der Waals surface area contributed by atoms with Gasteiger partial charge in [-0.2, -0.15) is 0 Å². The highest BCUT2D eigenvalue weighted by Crippen LogP contribution is 2.09. The van der Waals surface area contributed by atoms with Crippen LogP contribution in [-0.4, -0.2) is 48.5 Å². The summed E-state index contributed by atoms with van der Waals surface area (Å²) in [5.74, 6) is 0.0845. The molecule has 0 bridgehead atoms. The zero-order chi connectivity index (χ0) is 12.8. The van der Waals surface area contributed by atoms with Gasteiger partial charge in [-0.1, -0.05) is 0 Å². The summed E-state index contributed by atoms with van der Waals surface area (Å²) in [6, 6.07) is 3.88. The maximum atomic E-state index is 11.9. The van der Waals surface area contributed by atoms with Crippen molar-refractivity contribution in [2.24, 2.45) is 0 Å². The largest absolute Gasteiger partial charge is 0.348 e. The van der Waals surface area contributed by atoms with Crippen molar-refractivity contribution in [1.82, 2.24) is 20.5 Å². The third-order valence-electron chi connectivity index (χ3n) is 3.16. The lowest BCUT2D eigenvalue weighted by atomic mass is 10.1. The summed E-state index contributed by atoms with van der Waals surface area (Å²) in [4.78, 5) is 18.1. The molecule has 1 atom stereocenters. The first-order chi connectivity index (χ1) is 8.75. The van der Waals surface area contributed by atoms with Gasteiger partial charge in [-0.25, -0.2) is 0 Å². The Labute approximate surface area is 108 Å². The highest BCUT2D eigenvalue weighted by atomic mass is 16.2. The second kappa shape index (κ2) is 6.47. The summed E-state index contributed by atoms with van der Waals surface area (Å²) in [6.07, 6.45) is 3.49. The maximum absolute atomic E-state index is 11.9. The predicted octanol–water partition coefficient (Wildman–Crippen LogP) is 0.164. The van der Waals surface area contributed by atoms with Gasteiger partial charge in [0.15, 0.2) is 0 Å². The first kappa shape index (κ1) is 13.0. The number of hydrogen-bond acceptors (Lipinski definition) is 4. The molecule has 0 aromatic carbocycles. The van der Waals surface area contributed by atoms with Crippen LogP contribution in [0.1, 0.15) is 18.5 Å². The molecule has 1 saturated heterocycles. The highest BCUT2D eigenvalue weighted by molar-refractivity contribution is 5.78. The summed E-state index contributed by atoms with van der Waals surface area (Å²) in [6.45, 7) is 6.29. The number of carbonyl (C=O) groups excluding carboxylic acids is 1. The summed E-state index contributed by atoms with van der Waals surface area (Å²) in [7, 11) is 0. The summed E-state index contributed by atoms with van der Waals surface area (Å²) in [5.41, 5.74) is 1.08. The van der Waals surface area contributed by atoms with Gasteiger partial charge in [0.25, 0.3) is 0 Å². The number of nitrogens with zero attached hydrogens (tertiary/aromatic N) is 2. The minimum absolute atomic E-state index is 0.0309. The van der Waals surface area contributed by atoms with Gasteiger partial charge in [0.1, 0.15) is 0 Å². The lowest BCUT2D eigenvalue weighted by molar-refractivity contribution is -0.123. The zero-order valence-corrected chi connectivity index (χ0v) is 10.7. The molecule has 18 heavy (non-hydrogen) atoms. The van der Waals surface area contributed by atoms with Crippen LogP contribution in [-0.2, 0) is 4.79 Å². The van der Waals surface area contributed by atoms with Gasteiger partial charge < -0.3 is 10.6 Å². The lowest BCUT2D eigenvalue weighted by Gasteiger charge is -2.27. The summed E-state index contributed by atoms with van der Waals surface area (Å²) in [5, 5.41) is 6.29. The van der Waals surface area contributed by atoms with E-state index in [2.05, 4.69) is 20.5 Å². The van der Waals surface area contributed by atoms with E-state index in [1.807, 2.05) is 19.1 Å². The van der Waals surface area contributed by atoms with Crippen molar-refractivity contribution in [1.29, 1.82) is 0 Å². The smallest absolute Gasteiger partial charge is 0.234 e. The zero-order valence-electron chi connectivity index (χ0n) is 10.7. The molecule has 5 heteroatoms. The van der Waals surface area contributed by atoms with Crippen LogP contribution in [0.15, 0.2) is 24.5 Å². The van der Waals surface area contributed by atoms with E-state index in [1.165, 1.54) is 0 Å². The summed E-state index contributed by atoms with van der Waals surface area (Å²) >= 11 is 0. The number of rotatable bonds is 4. The lowest BCUT2D eigenvalue weighted by Crippen LogP contribution is -2.47. The van der Waals surface area contributed by atoms with E-state index in [0.29, 0.717) is 6.54 Å². The number of amides is 1. The molecule has 0 aliphatic carbocycles. The molecule has 98 valence electrons. The fourth-order valence-corrected chi connectivity index (χ4v) is 2.09. The Bertz CT molecular complexity index is 376. The summed E-state index contributed by atoms with van der Waals surface area (Å²) < 4.78 is 0. The van der Waals surface area contributed by atoms with Crippen LogP contribution in [0, 0.1) is 0 Å². The molecule has 2 heterocycles. The van der Waals surface area contributed by atoms with E-state index in [0.717, 1.165) is 31.7 Å². The average molecular weight is 248 g/mol. The SMILES string of the molecule is C[C@@H](NC(=O)CN1CCNCC1)c1ccncc1. The van der Waals surface area contributed by atoms with Gasteiger partial charge >= 0.3 is 0 Å². The molecule has 1 amide bonds. The second-order valence-electron chi connectivity index (χ2n) is 4.60. The van der Waals surface area contributed by atoms with Crippen molar-refractivity contribution >= 4 is 5.91 Å². The average Bonchev–Trinajstić information content (AvgIpc) is 2.40. The van der Waals surface area contributed by atoms with Gasteiger partial charge in [-0.05, 0) is 24.6 Å². The van der Waals surface area contributed by atoms with Crippen LogP contribution >= 0.6 is 0 Å². The third-order valence-corrected chi connectivity index (χ3v) is 3.16. The number of nitrogens with one attached hydrogen (secondary N) is 2. The van der Waals surface area contributed by atoms with Crippen molar-refractivity contribution in [2.75, 3.05) is 32.7 Å². The topological polar surface area (TPSA) is 57.3 Å². The monoisotopic (exact) mass is 248 g/mol. The van der Waals surface area contributed by atoms with Gasteiger partial charge in [-0.15, -0.1) is 0 Å². The first-order valence-corrected chi connectivity index (χ1v) is 6.38. The molecule has 2 rings (SSSR count).